The molecule has 0 fully saturated rings. The molecule has 1 aromatic rings. The van der Waals surface area contributed by atoms with Crippen LogP contribution in [-0.4, -0.2) is 29.9 Å². The van der Waals surface area contributed by atoms with Crippen LogP contribution >= 0.6 is 0 Å². The molecule has 106 valence electrons. The minimum atomic E-state index is 0.220. The summed E-state index contributed by atoms with van der Waals surface area (Å²) in [6, 6.07) is 8.77. The monoisotopic (exact) mass is 262 g/mol. The number of benzene rings is 1. The Morgan fingerprint density at radius 3 is 2.68 bits per heavy atom. The molecule has 0 aromatic heterocycles. The Balaban J connectivity index is 2.50. The molecule has 1 aromatic carbocycles. The van der Waals surface area contributed by atoms with Crippen LogP contribution < -0.4 is 5.32 Å². The molecule has 0 atom stereocenters. The van der Waals surface area contributed by atoms with Crippen molar-refractivity contribution in [3.63, 3.8) is 0 Å². The van der Waals surface area contributed by atoms with Crippen molar-refractivity contribution in [2.45, 2.75) is 46.7 Å². The molecular formula is C16H26N2O. The standard InChI is InChI=1S/C16H26N2O/c1-5-18(16(19)9-10-17-13(2)3)12-15-8-6-7-14(4)11-15/h6-8,11,13,17H,5,9-10,12H2,1-4H3. The number of hydrogen-bond donors (Lipinski definition) is 1. The van der Waals surface area contributed by atoms with E-state index in [0.717, 1.165) is 13.1 Å². The predicted octanol–water partition coefficient (Wildman–Crippen LogP) is 2.73. The van der Waals surface area contributed by atoms with Crippen molar-refractivity contribution in [3.05, 3.63) is 35.4 Å². The van der Waals surface area contributed by atoms with E-state index in [1.54, 1.807) is 0 Å². The van der Waals surface area contributed by atoms with E-state index in [-0.39, 0.29) is 5.91 Å². The van der Waals surface area contributed by atoms with E-state index in [1.165, 1.54) is 11.1 Å². The van der Waals surface area contributed by atoms with Gasteiger partial charge in [0.15, 0.2) is 0 Å². The third-order valence-electron chi connectivity index (χ3n) is 3.08. The zero-order valence-electron chi connectivity index (χ0n) is 12.6. The Morgan fingerprint density at radius 2 is 2.11 bits per heavy atom. The van der Waals surface area contributed by atoms with Gasteiger partial charge in [0, 0.05) is 32.1 Å². The first-order valence-electron chi connectivity index (χ1n) is 7.09. The minimum absolute atomic E-state index is 0.220. The summed E-state index contributed by atoms with van der Waals surface area (Å²) in [6.45, 7) is 10.5. The van der Waals surface area contributed by atoms with Crippen molar-refractivity contribution in [2.24, 2.45) is 0 Å². The van der Waals surface area contributed by atoms with Gasteiger partial charge < -0.3 is 10.2 Å². The zero-order valence-corrected chi connectivity index (χ0v) is 12.6. The lowest BCUT2D eigenvalue weighted by atomic mass is 10.1. The van der Waals surface area contributed by atoms with Crippen molar-refractivity contribution >= 4 is 5.91 Å². The summed E-state index contributed by atoms with van der Waals surface area (Å²) in [5, 5.41) is 3.28. The molecule has 0 aliphatic carbocycles. The molecule has 1 N–H and O–H groups in total. The average molecular weight is 262 g/mol. The second kappa shape index (κ2) is 7.95. The summed E-state index contributed by atoms with van der Waals surface area (Å²) in [6.07, 6.45) is 0.567. The van der Waals surface area contributed by atoms with Crippen molar-refractivity contribution in [1.29, 1.82) is 0 Å². The predicted molar refractivity (Wildman–Crippen MR) is 80.0 cm³/mol. The molecule has 0 aliphatic heterocycles. The Bertz CT molecular complexity index is 401. The van der Waals surface area contributed by atoms with E-state index in [4.69, 9.17) is 0 Å². The number of amides is 1. The largest absolute Gasteiger partial charge is 0.339 e. The van der Waals surface area contributed by atoms with Crippen LogP contribution in [0.25, 0.3) is 0 Å². The van der Waals surface area contributed by atoms with Gasteiger partial charge in [0.2, 0.25) is 5.91 Å². The van der Waals surface area contributed by atoms with E-state index >= 15 is 0 Å². The fourth-order valence-corrected chi connectivity index (χ4v) is 2.03. The van der Waals surface area contributed by atoms with Gasteiger partial charge in [0.05, 0.1) is 0 Å². The molecule has 0 saturated heterocycles. The average Bonchev–Trinajstić information content (AvgIpc) is 2.35. The van der Waals surface area contributed by atoms with E-state index in [0.29, 0.717) is 19.0 Å². The second-order valence-electron chi connectivity index (χ2n) is 5.26. The molecule has 0 spiro atoms. The van der Waals surface area contributed by atoms with Gasteiger partial charge in [-0.1, -0.05) is 43.7 Å². The van der Waals surface area contributed by atoms with Crippen molar-refractivity contribution in [2.75, 3.05) is 13.1 Å². The molecule has 0 aliphatic rings. The number of carbonyl (C=O) groups excluding carboxylic acids is 1. The van der Waals surface area contributed by atoms with Crippen LogP contribution in [0.2, 0.25) is 0 Å². The maximum Gasteiger partial charge on any atom is 0.224 e. The van der Waals surface area contributed by atoms with Crippen LogP contribution in [0.5, 0.6) is 0 Å². The summed E-state index contributed by atoms with van der Waals surface area (Å²) in [4.78, 5) is 14.0. The summed E-state index contributed by atoms with van der Waals surface area (Å²) in [5.41, 5.74) is 2.44. The highest BCUT2D eigenvalue weighted by Gasteiger charge is 2.11. The third kappa shape index (κ3) is 5.88. The summed E-state index contributed by atoms with van der Waals surface area (Å²) in [5.74, 6) is 0.220. The molecule has 1 rings (SSSR count). The van der Waals surface area contributed by atoms with Crippen LogP contribution in [0.15, 0.2) is 24.3 Å². The van der Waals surface area contributed by atoms with Crippen LogP contribution in [0.3, 0.4) is 0 Å². The maximum atomic E-state index is 12.1. The van der Waals surface area contributed by atoms with Gasteiger partial charge in [-0.3, -0.25) is 4.79 Å². The van der Waals surface area contributed by atoms with Gasteiger partial charge in [-0.25, -0.2) is 0 Å². The molecule has 3 nitrogen and oxygen atoms in total. The third-order valence-corrected chi connectivity index (χ3v) is 3.08. The number of rotatable bonds is 7. The van der Waals surface area contributed by atoms with Gasteiger partial charge in [-0.15, -0.1) is 0 Å². The van der Waals surface area contributed by atoms with Crippen molar-refractivity contribution in [3.8, 4) is 0 Å². The first-order valence-corrected chi connectivity index (χ1v) is 7.09. The van der Waals surface area contributed by atoms with Gasteiger partial charge in [-0.2, -0.15) is 0 Å². The van der Waals surface area contributed by atoms with Gasteiger partial charge in [0.25, 0.3) is 0 Å². The van der Waals surface area contributed by atoms with Crippen molar-refractivity contribution < 1.29 is 4.79 Å². The quantitative estimate of drug-likeness (QED) is 0.819. The lowest BCUT2D eigenvalue weighted by Crippen LogP contribution is -2.34. The number of carbonyl (C=O) groups is 1. The maximum absolute atomic E-state index is 12.1. The Labute approximate surface area is 117 Å². The number of nitrogens with one attached hydrogen (secondary N) is 1. The van der Waals surface area contributed by atoms with Gasteiger partial charge >= 0.3 is 0 Å². The fraction of sp³-hybridized carbons (Fsp3) is 0.562. The fourth-order valence-electron chi connectivity index (χ4n) is 2.03. The molecule has 1 amide bonds. The molecule has 0 saturated carbocycles. The van der Waals surface area contributed by atoms with E-state index in [2.05, 4.69) is 44.3 Å². The summed E-state index contributed by atoms with van der Waals surface area (Å²) >= 11 is 0. The second-order valence-corrected chi connectivity index (χ2v) is 5.26. The SMILES string of the molecule is CCN(Cc1cccc(C)c1)C(=O)CCNC(C)C. The smallest absolute Gasteiger partial charge is 0.224 e. The van der Waals surface area contributed by atoms with Crippen LogP contribution in [0, 0.1) is 6.92 Å². The molecule has 0 heterocycles. The molecule has 0 unspecified atom stereocenters. The molecule has 19 heavy (non-hydrogen) atoms. The minimum Gasteiger partial charge on any atom is -0.339 e. The normalized spacial score (nSPS) is 10.8. The summed E-state index contributed by atoms with van der Waals surface area (Å²) < 4.78 is 0. The molecule has 0 radical (unpaired) electrons. The topological polar surface area (TPSA) is 32.3 Å². The lowest BCUT2D eigenvalue weighted by molar-refractivity contribution is -0.131. The zero-order chi connectivity index (χ0) is 14.3. The van der Waals surface area contributed by atoms with Crippen LogP contribution in [-0.2, 0) is 11.3 Å². The molecule has 0 bridgehead atoms. The van der Waals surface area contributed by atoms with Gasteiger partial charge in [0.1, 0.15) is 0 Å². The lowest BCUT2D eigenvalue weighted by Gasteiger charge is -2.21. The van der Waals surface area contributed by atoms with Crippen LogP contribution in [0.1, 0.15) is 38.3 Å². The Hall–Kier alpha value is -1.35. The van der Waals surface area contributed by atoms with Crippen molar-refractivity contribution in [1.82, 2.24) is 10.2 Å². The Morgan fingerprint density at radius 1 is 1.37 bits per heavy atom. The molecule has 3 heteroatoms. The molecular weight excluding hydrogens is 236 g/mol. The van der Waals surface area contributed by atoms with E-state index < -0.39 is 0 Å². The first kappa shape index (κ1) is 15.7. The first-order chi connectivity index (χ1) is 9.02. The van der Waals surface area contributed by atoms with E-state index in [1.807, 2.05) is 17.9 Å². The van der Waals surface area contributed by atoms with E-state index in [9.17, 15) is 4.79 Å². The highest BCUT2D eigenvalue weighted by molar-refractivity contribution is 5.76. The Kier molecular flexibility index (Phi) is 6.57. The highest BCUT2D eigenvalue weighted by atomic mass is 16.2. The number of hydrogen-bond acceptors (Lipinski definition) is 2. The summed E-state index contributed by atoms with van der Waals surface area (Å²) in [7, 11) is 0. The van der Waals surface area contributed by atoms with Gasteiger partial charge in [-0.05, 0) is 19.4 Å². The highest BCUT2D eigenvalue weighted by Crippen LogP contribution is 2.08. The number of nitrogens with zero attached hydrogens (tertiary/aromatic N) is 1. The number of aryl methyl sites for hydroxylation is 1. The van der Waals surface area contributed by atoms with Crippen LogP contribution in [0.4, 0.5) is 0 Å².